The van der Waals surface area contributed by atoms with Crippen molar-refractivity contribution in [2.75, 3.05) is 116 Å². The maximum Gasteiger partial charge on any atom is 0.317 e. The van der Waals surface area contributed by atoms with Crippen molar-refractivity contribution in [2.45, 2.75) is 304 Å². The minimum atomic E-state index is -2.13. The summed E-state index contributed by atoms with van der Waals surface area (Å²) in [5.41, 5.74) is 17.2. The van der Waals surface area contributed by atoms with Gasteiger partial charge < -0.3 is 127 Å². The van der Waals surface area contributed by atoms with Crippen molar-refractivity contribution in [3.8, 4) is 0 Å². The summed E-state index contributed by atoms with van der Waals surface area (Å²) in [5.74, 6) is -23.8. The summed E-state index contributed by atoms with van der Waals surface area (Å²) < 4.78 is 0. The van der Waals surface area contributed by atoms with Crippen LogP contribution in [0, 0.1) is 41.4 Å². The van der Waals surface area contributed by atoms with Crippen LogP contribution in [-0.2, 0) is 101 Å². The first-order valence-corrected chi connectivity index (χ1v) is 53.6. The Morgan fingerprint density at radius 1 is 0.448 bits per heavy atom. The number of hydrogen-bond acceptors (Lipinski definition) is 30. The molecule has 4 aliphatic carbocycles. The second kappa shape index (κ2) is 59.3. The Labute approximate surface area is 850 Å². The highest BCUT2D eigenvalue weighted by molar-refractivity contribution is 8.76. The highest BCUT2D eigenvalue weighted by atomic mass is 33.1. The summed E-state index contributed by atoms with van der Waals surface area (Å²) in [6, 6.07) is -21.0. The van der Waals surface area contributed by atoms with E-state index in [0.717, 1.165) is 110 Å². The molecule has 5 saturated heterocycles. The third kappa shape index (κ3) is 39.5. The van der Waals surface area contributed by atoms with Gasteiger partial charge in [0.1, 0.15) is 72.5 Å². The number of unbranched alkanes of at least 4 members (excludes halogenated alkanes) is 2. The number of nitrogens with zero attached hydrogens (tertiary/aromatic N) is 5. The van der Waals surface area contributed by atoms with Crippen LogP contribution < -0.4 is 91.6 Å². The quantitative estimate of drug-likeness (QED) is 0.0201. The number of rotatable bonds is 43. The lowest BCUT2D eigenvalue weighted by Crippen LogP contribution is -2.61. The Hall–Kier alpha value is -10.7. The SMILES string of the molecule is CC(C)C[C@@H]1NC(=O)[C@H](CC2CC3CCCCC3N2)NC(=O)[C@@H](NC(=O)[C@H](CC(=O)O)NC(=O)[C@H](CO)NC(=O)CCCCCNC(=O)CN2CCN(CC(=O)O)CCN(CC(=O)O)CCN(CC(=O)O)CC2)CSSC[C@@H](C(=O)N2CCC[C@H]2C(=O)N[C@@H](CC2CCC3CCCCC3C2)C(=O)N[C@@H](CC(=O)O)C(N)=O)NC(=O)[C@H](CC(N)=O)NC(=O)[C@H](CC2CNC3CCCCC23)NC(=O)[C@H](CCC(N)=O)NC1=O. The first-order chi connectivity index (χ1) is 69.0. The first kappa shape index (κ1) is 118. The van der Waals surface area contributed by atoms with E-state index in [0.29, 0.717) is 50.5 Å². The fourth-order valence-corrected chi connectivity index (χ4v) is 24.0. The van der Waals surface area contributed by atoms with E-state index in [-0.39, 0.29) is 179 Å². The number of primary amides is 3. The van der Waals surface area contributed by atoms with Gasteiger partial charge in [-0.25, -0.2) is 0 Å². The molecule has 49 nitrogen and oxygen atoms in total. The number of carboxylic acids is 5. The number of carboxylic acid groups (broad SMARTS) is 5. The standard InChI is InChI=1S/C94H152N22O27S2/c1-52(2)35-64-85(134)102-62(23-24-74(95)118)84(133)105-66(39-57-44-99-61-18-10-8-16-59(57)61)87(136)107-68(41-75(96)119)89(138)111-72(94(143)116-26-12-19-73(116)93(142)109-65(86(135)103-63(83(97)132)42-78(122)123)37-53-21-22-54-13-5-6-14-55(54)36-53)51-145-144-50-71(92(141)106-67(88(137)104-64)40-58-38-56-15-7-9-17-60(56)100-58)110-90(139)69(43-79(124)125)108-91(140)70(49-117)101-76(120)20-4-3-11-25-98-77(121)45-112-27-29-113(46-80(126)127)31-33-115(48-82(130)131)34-32-114(30-28-112)47-81(128)129/h52-73,99-100,117H,3-51H2,1-2H3,(H2,95,118)(H2,96,119)(H2,97,132)(H,98,121)(H,101,120)(H,102,134)(H,103,135)(H,104,137)(H,105,133)(H,106,141)(H,107,136)(H,108,140)(H,109,142)(H,110,139)(H,111,138)(H,122,123)(H,124,125)(H,126,127)(H,128,129)(H,130,131)/t53?,54?,55?,56?,57?,58?,59?,60?,61?,62-,63-,64-,65-,66-,67-,68-,69-,70-,71-,72-,73-/m0/s1. The molecular weight excluding hydrogens is 1930 g/mol. The van der Waals surface area contributed by atoms with Gasteiger partial charge in [0.2, 0.25) is 94.5 Å². The molecule has 16 amide bonds. The third-order valence-electron chi connectivity index (χ3n) is 29.2. The molecule has 5 aliphatic heterocycles. The monoisotopic (exact) mass is 2090 g/mol. The van der Waals surface area contributed by atoms with Crippen molar-refractivity contribution >= 4 is 146 Å². The number of hydrogen-bond donors (Lipinski definition) is 23. The normalized spacial score (nSPS) is 28.1. The third-order valence-corrected chi connectivity index (χ3v) is 31.6. The predicted octanol–water partition coefficient (Wildman–Crippen LogP) is -5.05. The maximum absolute atomic E-state index is 15.8. The smallest absolute Gasteiger partial charge is 0.317 e. The summed E-state index contributed by atoms with van der Waals surface area (Å²) >= 11 is 0. The molecule has 0 radical (unpaired) electrons. The summed E-state index contributed by atoms with van der Waals surface area (Å²) in [6.45, 7) is 2.81. The number of likely N-dealkylation sites (tertiary alicyclic amines) is 1. The highest BCUT2D eigenvalue weighted by Crippen LogP contribution is 2.45. The minimum Gasteiger partial charge on any atom is -0.481 e. The molecule has 0 aromatic heterocycles. The van der Waals surface area contributed by atoms with E-state index >= 15 is 43.2 Å². The number of carbonyl (C=O) groups excluding carboxylic acids is 16. The van der Waals surface area contributed by atoms with Crippen LogP contribution in [0.15, 0.2) is 0 Å². The molecule has 9 fully saturated rings. The molecule has 5 heterocycles. The molecule has 9 aliphatic rings. The van der Waals surface area contributed by atoms with Crippen molar-refractivity contribution < 1.29 is 131 Å². The Morgan fingerprint density at radius 2 is 0.979 bits per heavy atom. The van der Waals surface area contributed by atoms with Crippen LogP contribution in [0.3, 0.4) is 0 Å². The second-order valence-corrected chi connectivity index (χ2v) is 43.2. The Kier molecular flexibility index (Phi) is 48.2. The molecule has 26 N–H and O–H groups in total. The minimum absolute atomic E-state index is 0.00373. The molecule has 9 unspecified atom stereocenters. The number of amides is 16. The van der Waals surface area contributed by atoms with E-state index < -0.39 is 259 Å². The van der Waals surface area contributed by atoms with Gasteiger partial charge in [-0.2, -0.15) is 0 Å². The molecule has 21 atom stereocenters. The van der Waals surface area contributed by atoms with Gasteiger partial charge in [0.15, 0.2) is 0 Å². The number of nitrogens with one attached hydrogen (secondary N) is 14. The van der Waals surface area contributed by atoms with Crippen LogP contribution in [0.1, 0.15) is 213 Å². The summed E-state index contributed by atoms with van der Waals surface area (Å²) in [4.78, 5) is 301. The first-order valence-electron chi connectivity index (χ1n) is 51.1. The van der Waals surface area contributed by atoms with Crippen LogP contribution in [0.2, 0.25) is 0 Å². The molecule has 0 spiro atoms. The lowest BCUT2D eigenvalue weighted by Gasteiger charge is -2.40. The van der Waals surface area contributed by atoms with Crippen LogP contribution in [0.4, 0.5) is 0 Å². The van der Waals surface area contributed by atoms with Gasteiger partial charge >= 0.3 is 29.8 Å². The molecule has 0 aromatic rings. The van der Waals surface area contributed by atoms with Crippen LogP contribution in [-0.4, -0.2) is 386 Å². The van der Waals surface area contributed by atoms with E-state index in [1.54, 1.807) is 33.4 Å². The molecule has 51 heteroatoms. The number of aliphatic hydroxyl groups excluding tert-OH is 1. The van der Waals surface area contributed by atoms with Gasteiger partial charge in [0.05, 0.1) is 52.0 Å². The van der Waals surface area contributed by atoms with Gasteiger partial charge in [0, 0.05) is 108 Å². The largest absolute Gasteiger partial charge is 0.481 e. The number of aliphatic hydroxyl groups is 1. The lowest BCUT2D eigenvalue weighted by molar-refractivity contribution is -0.142. The highest BCUT2D eigenvalue weighted by Gasteiger charge is 2.47. The van der Waals surface area contributed by atoms with Crippen molar-refractivity contribution in [3.05, 3.63) is 0 Å². The van der Waals surface area contributed by atoms with Gasteiger partial charge in [-0.05, 0) is 151 Å². The van der Waals surface area contributed by atoms with E-state index in [4.69, 9.17) is 17.2 Å². The average Bonchev–Trinajstić information content (AvgIpc) is 1.74. The van der Waals surface area contributed by atoms with Gasteiger partial charge in [-0.15, -0.1) is 0 Å². The van der Waals surface area contributed by atoms with Crippen molar-refractivity contribution in [2.24, 2.45) is 58.6 Å². The zero-order chi connectivity index (χ0) is 106. The maximum atomic E-state index is 15.8. The fourth-order valence-electron chi connectivity index (χ4n) is 21.7. The fraction of sp³-hybridized carbons (Fsp3) is 0.777. The Bertz CT molecular complexity index is 4460. The predicted molar refractivity (Wildman–Crippen MR) is 525 cm³/mol. The van der Waals surface area contributed by atoms with E-state index in [1.165, 1.54) is 0 Å². The van der Waals surface area contributed by atoms with Crippen LogP contribution >= 0.6 is 21.6 Å². The number of nitrogens with two attached hydrogens (primary N) is 3. The molecule has 9 rings (SSSR count). The van der Waals surface area contributed by atoms with E-state index in [1.807, 2.05) is 0 Å². The molecule has 4 saturated carbocycles. The summed E-state index contributed by atoms with van der Waals surface area (Å²) in [5, 5.41) is 98.1. The second-order valence-electron chi connectivity index (χ2n) is 40.7. The topological polar surface area (TPSA) is 743 Å². The lowest BCUT2D eigenvalue weighted by atomic mass is 9.66. The Morgan fingerprint density at radius 3 is 1.58 bits per heavy atom. The zero-order valence-electron chi connectivity index (χ0n) is 82.9. The summed E-state index contributed by atoms with van der Waals surface area (Å²) in [7, 11) is 1.52. The van der Waals surface area contributed by atoms with Crippen molar-refractivity contribution in [1.29, 1.82) is 0 Å². The van der Waals surface area contributed by atoms with Crippen molar-refractivity contribution in [3.63, 3.8) is 0 Å². The van der Waals surface area contributed by atoms with Gasteiger partial charge in [-0.3, -0.25) is 120 Å². The number of fused-ring (bicyclic) bond motifs is 3. The molecule has 0 bridgehead atoms. The van der Waals surface area contributed by atoms with E-state index in [9.17, 15) is 88.2 Å². The zero-order valence-corrected chi connectivity index (χ0v) is 84.5. The van der Waals surface area contributed by atoms with Gasteiger partial charge in [-0.1, -0.05) is 99.6 Å². The molecular formula is C94H152N22O27S2. The average molecular weight is 2090 g/mol. The van der Waals surface area contributed by atoms with Crippen LogP contribution in [0.5, 0.6) is 0 Å². The molecule has 145 heavy (non-hydrogen) atoms. The number of carbonyl (C=O) groups is 21. The Balaban J connectivity index is 0.993. The molecule has 0 aromatic carbocycles. The molecule has 812 valence electrons. The number of aliphatic carboxylic acids is 5. The summed E-state index contributed by atoms with van der Waals surface area (Å²) in [6.07, 6.45) is 9.86. The van der Waals surface area contributed by atoms with Crippen molar-refractivity contribution in [1.82, 2.24) is 98.9 Å². The van der Waals surface area contributed by atoms with Gasteiger partial charge in [0.25, 0.3) is 0 Å². The van der Waals surface area contributed by atoms with Crippen LogP contribution in [0.25, 0.3) is 0 Å². The van der Waals surface area contributed by atoms with E-state index in [2.05, 4.69) is 74.4 Å².